The van der Waals surface area contributed by atoms with E-state index < -0.39 is 0 Å². The van der Waals surface area contributed by atoms with Gasteiger partial charge >= 0.3 is 0 Å². The maximum atomic E-state index is 6.68. The van der Waals surface area contributed by atoms with Crippen molar-refractivity contribution in [1.82, 2.24) is 0 Å². The molecule has 1 saturated carbocycles. The molecule has 1 aliphatic rings. The van der Waals surface area contributed by atoms with Gasteiger partial charge in [-0.2, -0.15) is 0 Å². The fourth-order valence-electron chi connectivity index (χ4n) is 3.23. The van der Waals surface area contributed by atoms with E-state index in [1.54, 1.807) is 0 Å². The summed E-state index contributed by atoms with van der Waals surface area (Å²) in [6.45, 7) is 6.97. The van der Waals surface area contributed by atoms with E-state index in [0.717, 1.165) is 19.3 Å². The Balaban J connectivity index is 2.03. The highest BCUT2D eigenvalue weighted by atomic mass is 14.7. The number of hydrogen-bond donors (Lipinski definition) is 1. The molecule has 0 radical (unpaired) electrons. The van der Waals surface area contributed by atoms with Crippen LogP contribution in [0.2, 0.25) is 0 Å². The van der Waals surface area contributed by atoms with Crippen LogP contribution in [-0.4, -0.2) is 5.54 Å². The number of benzene rings is 1. The number of rotatable bonds is 3. The molecular formula is C18H29N. The van der Waals surface area contributed by atoms with Crippen LogP contribution in [0.3, 0.4) is 0 Å². The summed E-state index contributed by atoms with van der Waals surface area (Å²) in [6, 6.07) is 9.03. The number of nitrogens with two attached hydrogens (primary N) is 1. The molecule has 0 heterocycles. The highest BCUT2D eigenvalue weighted by Gasteiger charge is 2.32. The van der Waals surface area contributed by atoms with Crippen LogP contribution in [0.1, 0.15) is 64.0 Å². The molecule has 19 heavy (non-hydrogen) atoms. The summed E-state index contributed by atoms with van der Waals surface area (Å²) in [7, 11) is 0. The van der Waals surface area contributed by atoms with Crippen LogP contribution in [0.15, 0.2) is 24.3 Å². The van der Waals surface area contributed by atoms with Crippen LogP contribution >= 0.6 is 0 Å². The van der Waals surface area contributed by atoms with E-state index >= 15 is 0 Å². The number of hydrogen-bond acceptors (Lipinski definition) is 1. The summed E-state index contributed by atoms with van der Waals surface area (Å²) in [5.74, 6) is 0. The fourth-order valence-corrected chi connectivity index (χ4v) is 3.23. The molecule has 1 atom stereocenters. The third kappa shape index (κ3) is 4.07. The van der Waals surface area contributed by atoms with Crippen LogP contribution in [0.25, 0.3) is 0 Å². The van der Waals surface area contributed by atoms with Gasteiger partial charge < -0.3 is 5.73 Å². The normalized spacial score (nSPS) is 26.9. The lowest BCUT2D eigenvalue weighted by molar-refractivity contribution is 0.297. The van der Waals surface area contributed by atoms with Crippen molar-refractivity contribution in [3.8, 4) is 0 Å². The lowest BCUT2D eigenvalue weighted by Crippen LogP contribution is -2.41. The van der Waals surface area contributed by atoms with E-state index in [1.165, 1.54) is 36.8 Å². The van der Waals surface area contributed by atoms with E-state index in [9.17, 15) is 0 Å². The minimum atomic E-state index is 0.0154. The van der Waals surface area contributed by atoms with Gasteiger partial charge in [-0.05, 0) is 55.1 Å². The molecule has 106 valence electrons. The topological polar surface area (TPSA) is 26.0 Å². The van der Waals surface area contributed by atoms with E-state index in [1.807, 2.05) is 0 Å². The first-order valence-electron chi connectivity index (χ1n) is 7.79. The first-order valence-corrected chi connectivity index (χ1v) is 7.79. The fraction of sp³-hybridized carbons (Fsp3) is 0.667. The zero-order chi connectivity index (χ0) is 13.9. The quantitative estimate of drug-likeness (QED) is 0.796. The second-order valence-corrected chi connectivity index (χ2v) is 7.23. The van der Waals surface area contributed by atoms with Crippen molar-refractivity contribution >= 4 is 0 Å². The average Bonchev–Trinajstić information content (AvgIpc) is 2.50. The van der Waals surface area contributed by atoms with Gasteiger partial charge in [-0.1, -0.05) is 51.5 Å². The Morgan fingerprint density at radius 3 is 2.21 bits per heavy atom. The predicted octanol–water partition coefficient (Wildman–Crippen LogP) is 4.48. The van der Waals surface area contributed by atoms with Gasteiger partial charge in [0.2, 0.25) is 0 Å². The van der Waals surface area contributed by atoms with Crippen molar-refractivity contribution in [2.24, 2.45) is 11.1 Å². The zero-order valence-electron chi connectivity index (χ0n) is 12.8. The van der Waals surface area contributed by atoms with E-state index in [2.05, 4.69) is 45.0 Å². The predicted molar refractivity (Wildman–Crippen MR) is 83.3 cm³/mol. The molecule has 0 bridgehead atoms. The van der Waals surface area contributed by atoms with Gasteiger partial charge in [0.05, 0.1) is 0 Å². The maximum absolute atomic E-state index is 6.68. The summed E-state index contributed by atoms with van der Waals surface area (Å²) >= 11 is 0. The molecule has 1 fully saturated rings. The molecule has 0 aromatic heterocycles. The Bertz CT molecular complexity index is 404. The Labute approximate surface area is 118 Å². The summed E-state index contributed by atoms with van der Waals surface area (Å²) in [5.41, 5.74) is 9.99. The van der Waals surface area contributed by atoms with Crippen molar-refractivity contribution in [2.75, 3.05) is 0 Å². The minimum Gasteiger partial charge on any atom is -0.325 e. The highest BCUT2D eigenvalue weighted by molar-refractivity contribution is 5.24. The van der Waals surface area contributed by atoms with Crippen LogP contribution in [-0.2, 0) is 12.8 Å². The van der Waals surface area contributed by atoms with Gasteiger partial charge in [0, 0.05) is 5.54 Å². The lowest BCUT2D eigenvalue weighted by atomic mass is 9.81. The lowest BCUT2D eigenvalue weighted by Gasteiger charge is -2.29. The molecule has 1 aliphatic carbocycles. The van der Waals surface area contributed by atoms with Gasteiger partial charge in [0.25, 0.3) is 0 Å². The molecule has 0 amide bonds. The van der Waals surface area contributed by atoms with Crippen molar-refractivity contribution in [2.45, 2.75) is 71.3 Å². The SMILES string of the molecule is CCc1ccc(CC2(N)CCCC(C)(C)CC2)cc1. The van der Waals surface area contributed by atoms with Crippen LogP contribution in [0, 0.1) is 5.41 Å². The highest BCUT2D eigenvalue weighted by Crippen LogP contribution is 2.38. The van der Waals surface area contributed by atoms with Crippen LogP contribution < -0.4 is 5.73 Å². The molecule has 0 aliphatic heterocycles. The van der Waals surface area contributed by atoms with Crippen molar-refractivity contribution < 1.29 is 0 Å². The van der Waals surface area contributed by atoms with Gasteiger partial charge in [0.1, 0.15) is 0 Å². The summed E-state index contributed by atoms with van der Waals surface area (Å²) in [5, 5.41) is 0. The Kier molecular flexibility index (Phi) is 4.35. The zero-order valence-corrected chi connectivity index (χ0v) is 12.8. The molecule has 1 aromatic carbocycles. The molecule has 2 N–H and O–H groups in total. The Morgan fingerprint density at radius 1 is 0.947 bits per heavy atom. The summed E-state index contributed by atoms with van der Waals surface area (Å²) < 4.78 is 0. The third-order valence-corrected chi connectivity index (χ3v) is 4.82. The molecule has 1 aromatic rings. The molecule has 2 rings (SSSR count). The van der Waals surface area contributed by atoms with E-state index in [-0.39, 0.29) is 5.54 Å². The molecule has 0 spiro atoms. The first-order chi connectivity index (χ1) is 8.92. The smallest absolute Gasteiger partial charge is 0.0195 e. The molecule has 1 heteroatoms. The molecule has 1 unspecified atom stereocenters. The van der Waals surface area contributed by atoms with E-state index in [4.69, 9.17) is 5.73 Å². The van der Waals surface area contributed by atoms with Crippen LogP contribution in [0.4, 0.5) is 0 Å². The second kappa shape index (κ2) is 5.66. The Hall–Kier alpha value is -0.820. The minimum absolute atomic E-state index is 0.0154. The van der Waals surface area contributed by atoms with Gasteiger partial charge in [-0.3, -0.25) is 0 Å². The van der Waals surface area contributed by atoms with Gasteiger partial charge in [-0.15, -0.1) is 0 Å². The molecule has 0 saturated heterocycles. The number of aryl methyl sites for hydroxylation is 1. The van der Waals surface area contributed by atoms with Crippen molar-refractivity contribution in [1.29, 1.82) is 0 Å². The van der Waals surface area contributed by atoms with Crippen molar-refractivity contribution in [3.05, 3.63) is 35.4 Å². The summed E-state index contributed by atoms with van der Waals surface area (Å²) in [4.78, 5) is 0. The summed E-state index contributed by atoms with van der Waals surface area (Å²) in [6.07, 6.45) is 8.34. The third-order valence-electron chi connectivity index (χ3n) is 4.82. The Morgan fingerprint density at radius 2 is 1.58 bits per heavy atom. The largest absolute Gasteiger partial charge is 0.325 e. The van der Waals surface area contributed by atoms with Crippen molar-refractivity contribution in [3.63, 3.8) is 0 Å². The maximum Gasteiger partial charge on any atom is 0.0195 e. The average molecular weight is 259 g/mol. The monoisotopic (exact) mass is 259 g/mol. The first kappa shape index (κ1) is 14.6. The van der Waals surface area contributed by atoms with Crippen LogP contribution in [0.5, 0.6) is 0 Å². The molecular weight excluding hydrogens is 230 g/mol. The molecule has 1 nitrogen and oxygen atoms in total. The van der Waals surface area contributed by atoms with E-state index in [0.29, 0.717) is 5.41 Å². The van der Waals surface area contributed by atoms with Gasteiger partial charge in [0.15, 0.2) is 0 Å². The standard InChI is InChI=1S/C18H29N/c1-4-15-6-8-16(9-7-15)14-18(19)11-5-10-17(2,3)12-13-18/h6-9H,4-5,10-14,19H2,1-3H3. The second-order valence-electron chi connectivity index (χ2n) is 7.23. The van der Waals surface area contributed by atoms with Gasteiger partial charge in [-0.25, -0.2) is 0 Å².